The molecular formula is C19H30ClN3O3. The van der Waals surface area contributed by atoms with Gasteiger partial charge < -0.3 is 21.1 Å². The number of benzene rings is 1. The highest BCUT2D eigenvalue weighted by atomic mass is 35.5. The molecule has 0 unspecified atom stereocenters. The highest BCUT2D eigenvalue weighted by Gasteiger charge is 2.32. The quantitative estimate of drug-likeness (QED) is 0.671. The minimum Gasteiger partial charge on any atom is -0.377 e. The molecule has 26 heavy (non-hydrogen) atoms. The maximum Gasteiger partial charge on any atom is 0.251 e. The van der Waals surface area contributed by atoms with Crippen molar-refractivity contribution < 1.29 is 14.3 Å². The Kier molecular flexibility index (Phi) is 9.62. The van der Waals surface area contributed by atoms with Gasteiger partial charge in [-0.05, 0) is 43.4 Å². The van der Waals surface area contributed by atoms with Gasteiger partial charge in [0, 0.05) is 37.7 Å². The van der Waals surface area contributed by atoms with E-state index in [0.717, 1.165) is 24.8 Å². The number of halogens is 1. The Hall–Kier alpha value is -1.63. The van der Waals surface area contributed by atoms with Crippen LogP contribution in [-0.2, 0) is 16.1 Å². The topological polar surface area (TPSA) is 93.4 Å². The van der Waals surface area contributed by atoms with Gasteiger partial charge in [0.05, 0.1) is 6.10 Å². The second-order valence-electron chi connectivity index (χ2n) is 6.58. The van der Waals surface area contributed by atoms with Crippen LogP contribution in [0.25, 0.3) is 0 Å². The van der Waals surface area contributed by atoms with E-state index in [1.54, 1.807) is 19.2 Å². The Morgan fingerprint density at radius 2 is 2.08 bits per heavy atom. The third kappa shape index (κ3) is 6.27. The summed E-state index contributed by atoms with van der Waals surface area (Å²) in [7, 11) is 1.60. The van der Waals surface area contributed by atoms with Gasteiger partial charge in [-0.25, -0.2) is 0 Å². The fourth-order valence-corrected chi connectivity index (χ4v) is 3.15. The fraction of sp³-hybridized carbons (Fsp3) is 0.579. The van der Waals surface area contributed by atoms with Gasteiger partial charge in [-0.15, -0.1) is 12.4 Å². The molecule has 1 aliphatic carbocycles. The minimum atomic E-state index is -0.134. The fourth-order valence-electron chi connectivity index (χ4n) is 3.15. The van der Waals surface area contributed by atoms with Gasteiger partial charge in [0.2, 0.25) is 5.91 Å². The molecule has 1 saturated carbocycles. The second-order valence-corrected chi connectivity index (χ2v) is 6.58. The van der Waals surface area contributed by atoms with Crippen molar-refractivity contribution in [3.63, 3.8) is 0 Å². The smallest absolute Gasteiger partial charge is 0.251 e. The highest BCUT2D eigenvalue weighted by molar-refractivity contribution is 5.94. The van der Waals surface area contributed by atoms with Crippen molar-refractivity contribution in [2.45, 2.75) is 51.3 Å². The Balaban J connectivity index is 0.00000338. The number of rotatable bonds is 7. The third-order valence-corrected chi connectivity index (χ3v) is 4.63. The average molecular weight is 384 g/mol. The summed E-state index contributed by atoms with van der Waals surface area (Å²) in [6, 6.07) is 7.28. The lowest BCUT2D eigenvalue weighted by molar-refractivity contribution is -0.128. The second kappa shape index (κ2) is 11.2. The van der Waals surface area contributed by atoms with E-state index in [9.17, 15) is 9.59 Å². The first-order valence-corrected chi connectivity index (χ1v) is 9.01. The van der Waals surface area contributed by atoms with Crippen molar-refractivity contribution in [2.24, 2.45) is 11.7 Å². The summed E-state index contributed by atoms with van der Waals surface area (Å²) in [6.45, 7) is 3.15. The van der Waals surface area contributed by atoms with Crippen LogP contribution in [0.5, 0.6) is 0 Å². The summed E-state index contributed by atoms with van der Waals surface area (Å²) in [5, 5.41) is 5.58. The first-order valence-electron chi connectivity index (χ1n) is 9.01. The van der Waals surface area contributed by atoms with Gasteiger partial charge >= 0.3 is 0 Å². The lowest BCUT2D eigenvalue weighted by Crippen LogP contribution is -2.45. The third-order valence-electron chi connectivity index (χ3n) is 4.63. The molecule has 0 aliphatic heterocycles. The molecule has 4 N–H and O–H groups in total. The van der Waals surface area contributed by atoms with Gasteiger partial charge in [-0.1, -0.05) is 19.1 Å². The van der Waals surface area contributed by atoms with Crippen LogP contribution >= 0.6 is 12.4 Å². The van der Waals surface area contributed by atoms with Crippen LogP contribution in [0, 0.1) is 5.92 Å². The van der Waals surface area contributed by atoms with E-state index in [0.29, 0.717) is 25.1 Å². The molecule has 0 radical (unpaired) electrons. The zero-order valence-electron chi connectivity index (χ0n) is 15.5. The van der Waals surface area contributed by atoms with E-state index in [1.807, 2.05) is 12.1 Å². The van der Waals surface area contributed by atoms with Crippen LogP contribution in [0.3, 0.4) is 0 Å². The van der Waals surface area contributed by atoms with Gasteiger partial charge in [0.25, 0.3) is 5.91 Å². The Morgan fingerprint density at radius 1 is 1.31 bits per heavy atom. The SMILES string of the molecule is CCCO[C@@H]1C[C@@H](C(=O)NCc2cccc(C(=O)NC)c2)CC[C@H]1N.Cl. The predicted octanol–water partition coefficient (Wildman–Crippen LogP) is 2.01. The number of carbonyl (C=O) groups is 2. The molecule has 2 amide bonds. The van der Waals surface area contributed by atoms with Crippen LogP contribution in [0.15, 0.2) is 24.3 Å². The highest BCUT2D eigenvalue weighted by Crippen LogP contribution is 2.26. The molecule has 0 aromatic heterocycles. The lowest BCUT2D eigenvalue weighted by Gasteiger charge is -2.33. The molecule has 0 bridgehead atoms. The molecule has 146 valence electrons. The number of hydrogen-bond acceptors (Lipinski definition) is 4. The van der Waals surface area contributed by atoms with Gasteiger partial charge in [-0.2, -0.15) is 0 Å². The summed E-state index contributed by atoms with van der Waals surface area (Å²) in [6.07, 6.45) is 3.17. The van der Waals surface area contributed by atoms with Crippen molar-refractivity contribution in [1.29, 1.82) is 0 Å². The van der Waals surface area contributed by atoms with E-state index in [4.69, 9.17) is 10.5 Å². The normalized spacial score (nSPS) is 22.2. The molecule has 1 aliphatic rings. The van der Waals surface area contributed by atoms with Crippen molar-refractivity contribution in [3.8, 4) is 0 Å². The van der Waals surface area contributed by atoms with Crippen LogP contribution in [0.4, 0.5) is 0 Å². The Bertz CT molecular complexity index is 597. The van der Waals surface area contributed by atoms with Crippen molar-refractivity contribution in [1.82, 2.24) is 10.6 Å². The van der Waals surface area contributed by atoms with E-state index in [-0.39, 0.29) is 42.3 Å². The average Bonchev–Trinajstić information content (AvgIpc) is 2.65. The zero-order valence-corrected chi connectivity index (χ0v) is 16.3. The summed E-state index contributed by atoms with van der Waals surface area (Å²) >= 11 is 0. The van der Waals surface area contributed by atoms with Crippen LogP contribution in [-0.4, -0.2) is 37.6 Å². The molecule has 1 aromatic carbocycles. The monoisotopic (exact) mass is 383 g/mol. The Morgan fingerprint density at radius 3 is 2.77 bits per heavy atom. The number of carbonyl (C=O) groups excluding carboxylic acids is 2. The van der Waals surface area contributed by atoms with Crippen LogP contribution in [0.1, 0.15) is 48.5 Å². The summed E-state index contributed by atoms with van der Waals surface area (Å²) in [5.41, 5.74) is 7.60. The first kappa shape index (κ1) is 22.4. The molecule has 3 atom stereocenters. The van der Waals surface area contributed by atoms with Crippen molar-refractivity contribution >= 4 is 24.2 Å². The maximum atomic E-state index is 12.5. The summed E-state index contributed by atoms with van der Waals surface area (Å²) in [5.74, 6) is -0.170. The van der Waals surface area contributed by atoms with Crippen molar-refractivity contribution in [2.75, 3.05) is 13.7 Å². The molecular weight excluding hydrogens is 354 g/mol. The number of hydrogen-bond donors (Lipinski definition) is 3. The van der Waals surface area contributed by atoms with Gasteiger partial charge in [0.15, 0.2) is 0 Å². The predicted molar refractivity (Wildman–Crippen MR) is 104 cm³/mol. The minimum absolute atomic E-state index is 0. The number of ether oxygens (including phenoxy) is 1. The summed E-state index contributed by atoms with van der Waals surface area (Å²) < 4.78 is 5.79. The zero-order chi connectivity index (χ0) is 18.2. The standard InChI is InChI=1S/C19H29N3O3.ClH/c1-3-9-25-17-11-15(7-8-16(17)20)19(24)22-12-13-5-4-6-14(10-13)18(23)21-2;/h4-6,10,15-17H,3,7-9,11-12,20H2,1-2H3,(H,21,23)(H,22,24);1H/t15-,16+,17+;/m0./s1. The van der Waals surface area contributed by atoms with E-state index < -0.39 is 0 Å². The van der Waals surface area contributed by atoms with Gasteiger partial charge in [-0.3, -0.25) is 9.59 Å². The summed E-state index contributed by atoms with van der Waals surface area (Å²) in [4.78, 5) is 24.2. The molecule has 0 heterocycles. The molecule has 2 rings (SSSR count). The van der Waals surface area contributed by atoms with Crippen molar-refractivity contribution in [3.05, 3.63) is 35.4 Å². The lowest BCUT2D eigenvalue weighted by atomic mass is 9.83. The molecule has 7 heteroatoms. The maximum absolute atomic E-state index is 12.5. The van der Waals surface area contributed by atoms with Gasteiger partial charge in [0.1, 0.15) is 0 Å². The van der Waals surface area contributed by atoms with E-state index in [2.05, 4.69) is 17.6 Å². The Labute approximate surface area is 161 Å². The van der Waals surface area contributed by atoms with E-state index >= 15 is 0 Å². The largest absolute Gasteiger partial charge is 0.377 e. The molecule has 6 nitrogen and oxygen atoms in total. The number of nitrogens with two attached hydrogens (primary N) is 1. The number of amides is 2. The molecule has 0 spiro atoms. The van der Waals surface area contributed by atoms with Crippen LogP contribution in [0.2, 0.25) is 0 Å². The number of nitrogens with one attached hydrogen (secondary N) is 2. The van der Waals surface area contributed by atoms with E-state index in [1.165, 1.54) is 0 Å². The molecule has 1 fully saturated rings. The molecule has 1 aromatic rings. The van der Waals surface area contributed by atoms with Crippen LogP contribution < -0.4 is 16.4 Å². The molecule has 0 saturated heterocycles. The first-order chi connectivity index (χ1) is 12.0.